The molecule has 1 aromatic heterocycles. The molecule has 1 aromatic rings. The molecule has 102 valence electrons. The highest BCUT2D eigenvalue weighted by atomic mass is 16.5. The standard InChI is InChI=1S/C11H18N2O5/c1-16-5-6-17-4-2-3-12-8-9-7-10(11(14)15)13-18-9/h7,12H,2-6,8H2,1H3,(H,14,15). The summed E-state index contributed by atoms with van der Waals surface area (Å²) in [6, 6.07) is 1.41. The van der Waals surface area contributed by atoms with Gasteiger partial charge in [0.2, 0.25) is 0 Å². The van der Waals surface area contributed by atoms with Gasteiger partial charge in [-0.25, -0.2) is 4.79 Å². The maximum Gasteiger partial charge on any atom is 0.358 e. The summed E-state index contributed by atoms with van der Waals surface area (Å²) in [5.74, 6) is -0.579. The molecular formula is C11H18N2O5. The molecule has 0 aliphatic heterocycles. The largest absolute Gasteiger partial charge is 0.476 e. The molecule has 18 heavy (non-hydrogen) atoms. The number of carboxylic acids is 1. The molecule has 0 saturated heterocycles. The molecule has 0 unspecified atom stereocenters. The van der Waals surface area contributed by atoms with Crippen LogP contribution in [0.15, 0.2) is 10.6 Å². The van der Waals surface area contributed by atoms with Gasteiger partial charge in [-0.15, -0.1) is 0 Å². The fraction of sp³-hybridized carbons (Fsp3) is 0.636. The molecule has 0 radical (unpaired) electrons. The molecule has 1 heterocycles. The van der Waals surface area contributed by atoms with E-state index in [9.17, 15) is 4.79 Å². The quantitative estimate of drug-likeness (QED) is 0.591. The molecule has 0 saturated carbocycles. The van der Waals surface area contributed by atoms with Crippen molar-refractivity contribution < 1.29 is 23.9 Å². The van der Waals surface area contributed by atoms with Crippen molar-refractivity contribution in [1.82, 2.24) is 10.5 Å². The lowest BCUT2D eigenvalue weighted by molar-refractivity contribution is 0.0685. The molecule has 7 heteroatoms. The van der Waals surface area contributed by atoms with E-state index in [1.807, 2.05) is 0 Å². The first-order valence-corrected chi connectivity index (χ1v) is 5.70. The number of nitrogens with zero attached hydrogens (tertiary/aromatic N) is 1. The number of ether oxygens (including phenoxy) is 2. The van der Waals surface area contributed by atoms with Crippen molar-refractivity contribution >= 4 is 5.97 Å². The number of aromatic nitrogens is 1. The normalized spacial score (nSPS) is 10.7. The lowest BCUT2D eigenvalue weighted by atomic mass is 10.3. The van der Waals surface area contributed by atoms with Crippen LogP contribution in [0.4, 0.5) is 0 Å². The van der Waals surface area contributed by atoms with Crippen molar-refractivity contribution in [1.29, 1.82) is 0 Å². The van der Waals surface area contributed by atoms with E-state index in [2.05, 4.69) is 10.5 Å². The number of nitrogens with one attached hydrogen (secondary N) is 1. The van der Waals surface area contributed by atoms with E-state index in [0.717, 1.165) is 13.0 Å². The molecule has 0 aliphatic carbocycles. The van der Waals surface area contributed by atoms with Crippen LogP contribution in [0.25, 0.3) is 0 Å². The van der Waals surface area contributed by atoms with Crippen LogP contribution >= 0.6 is 0 Å². The first-order valence-electron chi connectivity index (χ1n) is 5.70. The summed E-state index contributed by atoms with van der Waals surface area (Å²) in [5.41, 5.74) is -0.0744. The summed E-state index contributed by atoms with van der Waals surface area (Å²) in [7, 11) is 1.63. The Morgan fingerprint density at radius 2 is 2.33 bits per heavy atom. The van der Waals surface area contributed by atoms with Crippen LogP contribution < -0.4 is 5.32 Å². The highest BCUT2D eigenvalue weighted by Gasteiger charge is 2.09. The zero-order chi connectivity index (χ0) is 13.2. The average molecular weight is 258 g/mol. The minimum Gasteiger partial charge on any atom is -0.476 e. The van der Waals surface area contributed by atoms with Crippen LogP contribution in [-0.2, 0) is 16.0 Å². The number of methoxy groups -OCH3 is 1. The van der Waals surface area contributed by atoms with Crippen molar-refractivity contribution in [2.75, 3.05) is 33.5 Å². The van der Waals surface area contributed by atoms with E-state index in [1.165, 1.54) is 6.07 Å². The van der Waals surface area contributed by atoms with Crippen molar-refractivity contribution in [3.05, 3.63) is 17.5 Å². The number of rotatable bonds is 10. The Bertz CT molecular complexity index is 353. The van der Waals surface area contributed by atoms with Crippen molar-refractivity contribution in [2.45, 2.75) is 13.0 Å². The third-order valence-electron chi connectivity index (χ3n) is 2.15. The maximum absolute atomic E-state index is 10.5. The zero-order valence-electron chi connectivity index (χ0n) is 10.3. The molecule has 0 bridgehead atoms. The van der Waals surface area contributed by atoms with E-state index in [0.29, 0.717) is 32.1 Å². The Morgan fingerprint density at radius 1 is 1.50 bits per heavy atom. The number of carbonyl (C=O) groups is 1. The second-order valence-corrected chi connectivity index (χ2v) is 3.62. The lowest BCUT2D eigenvalue weighted by Gasteiger charge is -2.04. The molecule has 0 fully saturated rings. The van der Waals surface area contributed by atoms with Crippen LogP contribution in [0, 0.1) is 0 Å². The molecule has 2 N–H and O–H groups in total. The van der Waals surface area contributed by atoms with Crippen LogP contribution in [0.2, 0.25) is 0 Å². The number of aromatic carboxylic acids is 1. The fourth-order valence-electron chi connectivity index (χ4n) is 1.25. The van der Waals surface area contributed by atoms with Gasteiger partial charge in [0.1, 0.15) is 0 Å². The average Bonchev–Trinajstić information content (AvgIpc) is 2.81. The highest BCUT2D eigenvalue weighted by Crippen LogP contribution is 2.02. The van der Waals surface area contributed by atoms with E-state index in [1.54, 1.807) is 7.11 Å². The van der Waals surface area contributed by atoms with Crippen LogP contribution in [-0.4, -0.2) is 49.7 Å². The summed E-state index contributed by atoms with van der Waals surface area (Å²) >= 11 is 0. The Morgan fingerprint density at radius 3 is 3.00 bits per heavy atom. The molecule has 7 nitrogen and oxygen atoms in total. The monoisotopic (exact) mass is 258 g/mol. The van der Waals surface area contributed by atoms with Gasteiger partial charge in [-0.05, 0) is 13.0 Å². The van der Waals surface area contributed by atoms with Gasteiger partial charge in [-0.2, -0.15) is 0 Å². The summed E-state index contributed by atoms with van der Waals surface area (Å²) in [4.78, 5) is 10.5. The third kappa shape index (κ3) is 5.76. The van der Waals surface area contributed by atoms with Crippen LogP contribution in [0.5, 0.6) is 0 Å². The van der Waals surface area contributed by atoms with Gasteiger partial charge < -0.3 is 24.4 Å². The lowest BCUT2D eigenvalue weighted by Crippen LogP contribution is -2.16. The SMILES string of the molecule is COCCOCCCNCc1cc(C(=O)O)no1. The third-order valence-corrected chi connectivity index (χ3v) is 2.15. The smallest absolute Gasteiger partial charge is 0.358 e. The maximum atomic E-state index is 10.5. The zero-order valence-corrected chi connectivity index (χ0v) is 10.3. The second-order valence-electron chi connectivity index (χ2n) is 3.62. The Kier molecular flexibility index (Phi) is 7.00. The van der Waals surface area contributed by atoms with Crippen molar-refractivity contribution in [3.8, 4) is 0 Å². The molecule has 0 aliphatic rings. The van der Waals surface area contributed by atoms with Crippen molar-refractivity contribution in [2.24, 2.45) is 0 Å². The predicted molar refractivity (Wildman–Crippen MR) is 62.5 cm³/mol. The number of hydrogen-bond acceptors (Lipinski definition) is 6. The van der Waals surface area contributed by atoms with Gasteiger partial charge in [0.25, 0.3) is 0 Å². The first kappa shape index (κ1) is 14.6. The molecular weight excluding hydrogens is 240 g/mol. The van der Waals surface area contributed by atoms with Crippen LogP contribution in [0.3, 0.4) is 0 Å². The van der Waals surface area contributed by atoms with E-state index >= 15 is 0 Å². The molecule has 0 spiro atoms. The van der Waals surface area contributed by atoms with Gasteiger partial charge in [-0.1, -0.05) is 5.16 Å². The van der Waals surface area contributed by atoms with E-state index < -0.39 is 5.97 Å². The highest BCUT2D eigenvalue weighted by molar-refractivity contribution is 5.85. The summed E-state index contributed by atoms with van der Waals surface area (Å²) in [6.07, 6.45) is 0.865. The Hall–Kier alpha value is -1.44. The Labute approximate surface area is 105 Å². The van der Waals surface area contributed by atoms with Gasteiger partial charge in [0.15, 0.2) is 11.5 Å². The first-order chi connectivity index (χ1) is 8.74. The predicted octanol–water partition coefficient (Wildman–Crippen LogP) is 0.515. The molecule has 1 rings (SSSR count). The number of carboxylic acid groups (broad SMARTS) is 1. The van der Waals surface area contributed by atoms with Gasteiger partial charge in [-0.3, -0.25) is 0 Å². The molecule has 0 aromatic carbocycles. The topological polar surface area (TPSA) is 93.8 Å². The van der Waals surface area contributed by atoms with E-state index in [-0.39, 0.29) is 5.69 Å². The second kappa shape index (κ2) is 8.62. The van der Waals surface area contributed by atoms with Gasteiger partial charge in [0, 0.05) is 19.8 Å². The van der Waals surface area contributed by atoms with Gasteiger partial charge in [0.05, 0.1) is 19.8 Å². The van der Waals surface area contributed by atoms with Crippen molar-refractivity contribution in [3.63, 3.8) is 0 Å². The summed E-state index contributed by atoms with van der Waals surface area (Å²) < 4.78 is 15.0. The summed E-state index contributed by atoms with van der Waals surface area (Å²) in [5, 5.41) is 15.2. The minimum atomic E-state index is -1.09. The minimum absolute atomic E-state index is 0.0744. The van der Waals surface area contributed by atoms with Gasteiger partial charge >= 0.3 is 5.97 Å². The number of hydrogen-bond donors (Lipinski definition) is 2. The van der Waals surface area contributed by atoms with E-state index in [4.69, 9.17) is 19.1 Å². The fourth-order valence-corrected chi connectivity index (χ4v) is 1.25. The van der Waals surface area contributed by atoms with Crippen LogP contribution in [0.1, 0.15) is 22.7 Å². The molecule has 0 atom stereocenters. The Balaban J connectivity index is 2.02. The molecule has 0 amide bonds. The summed E-state index contributed by atoms with van der Waals surface area (Å²) in [6.45, 7) is 3.08.